The van der Waals surface area contributed by atoms with E-state index in [2.05, 4.69) is 20.5 Å². The fourth-order valence-corrected chi connectivity index (χ4v) is 4.52. The van der Waals surface area contributed by atoms with E-state index in [0.29, 0.717) is 5.82 Å². The molecule has 4 heterocycles. The summed E-state index contributed by atoms with van der Waals surface area (Å²) in [5.41, 5.74) is 1.67. The summed E-state index contributed by atoms with van der Waals surface area (Å²) in [7, 11) is 0. The largest absolute Gasteiger partial charge is 0.309 e. The van der Waals surface area contributed by atoms with Gasteiger partial charge in [-0.2, -0.15) is 5.10 Å². The number of aromatic nitrogens is 3. The Kier molecular flexibility index (Phi) is 4.24. The maximum Gasteiger partial charge on any atom is 0.231 e. The van der Waals surface area contributed by atoms with E-state index in [1.807, 2.05) is 46.5 Å². The Morgan fingerprint density at radius 3 is 2.67 bits per heavy atom. The molecule has 5 nitrogen and oxygen atoms in total. The number of thiazole rings is 1. The number of thiophene rings is 2. The zero-order valence-electron chi connectivity index (χ0n) is 12.4. The lowest BCUT2D eigenvalue weighted by atomic mass is 10.3. The van der Waals surface area contributed by atoms with Gasteiger partial charge in [-0.1, -0.05) is 12.1 Å². The van der Waals surface area contributed by atoms with Crippen LogP contribution in [0.3, 0.4) is 0 Å². The molecule has 0 saturated heterocycles. The maximum atomic E-state index is 12.2. The molecule has 0 radical (unpaired) electrons. The number of carbonyl (C=O) groups is 1. The number of carbonyl (C=O) groups excluding carboxylic acids is 1. The van der Waals surface area contributed by atoms with Crippen LogP contribution in [-0.4, -0.2) is 21.1 Å². The highest BCUT2D eigenvalue weighted by molar-refractivity contribution is 7.20. The average molecular weight is 373 g/mol. The van der Waals surface area contributed by atoms with Gasteiger partial charge in [-0.3, -0.25) is 9.89 Å². The normalized spacial score (nSPS) is 10.8. The SMILES string of the molecule is O=C(Cc1csc(-c2cccs2)n1)Nc1cc(-c2cccs2)[nH]n1. The van der Waals surface area contributed by atoms with Gasteiger partial charge in [-0.15, -0.1) is 34.0 Å². The molecule has 0 fully saturated rings. The number of amides is 1. The molecule has 2 N–H and O–H groups in total. The molecule has 0 unspecified atom stereocenters. The average Bonchev–Trinajstić information content (AvgIpc) is 3.35. The Morgan fingerprint density at radius 1 is 1.12 bits per heavy atom. The Morgan fingerprint density at radius 2 is 1.92 bits per heavy atom. The number of hydrogen-bond acceptors (Lipinski definition) is 6. The molecule has 0 saturated carbocycles. The first kappa shape index (κ1) is 15.3. The smallest absolute Gasteiger partial charge is 0.231 e. The summed E-state index contributed by atoms with van der Waals surface area (Å²) in [6.45, 7) is 0. The first-order chi connectivity index (χ1) is 11.8. The van der Waals surface area contributed by atoms with Crippen LogP contribution >= 0.6 is 34.0 Å². The summed E-state index contributed by atoms with van der Waals surface area (Å²) >= 11 is 4.82. The van der Waals surface area contributed by atoms with E-state index < -0.39 is 0 Å². The van der Waals surface area contributed by atoms with Crippen LogP contribution in [0.4, 0.5) is 5.82 Å². The van der Waals surface area contributed by atoms with E-state index in [1.165, 1.54) is 0 Å². The summed E-state index contributed by atoms with van der Waals surface area (Å²) in [4.78, 5) is 18.9. The molecule has 8 heteroatoms. The van der Waals surface area contributed by atoms with E-state index in [-0.39, 0.29) is 12.3 Å². The van der Waals surface area contributed by atoms with Gasteiger partial charge in [-0.05, 0) is 22.9 Å². The van der Waals surface area contributed by atoms with Crippen LogP contribution in [0.1, 0.15) is 5.69 Å². The van der Waals surface area contributed by atoms with Crippen LogP contribution in [0.25, 0.3) is 20.5 Å². The lowest BCUT2D eigenvalue weighted by molar-refractivity contribution is -0.115. The Balaban J connectivity index is 1.40. The van der Waals surface area contributed by atoms with Gasteiger partial charge in [-0.25, -0.2) is 4.98 Å². The number of H-pyrrole nitrogens is 1. The molecule has 0 aliphatic heterocycles. The maximum absolute atomic E-state index is 12.2. The van der Waals surface area contributed by atoms with Crippen LogP contribution in [0.5, 0.6) is 0 Å². The molecule has 0 bridgehead atoms. The highest BCUT2D eigenvalue weighted by Crippen LogP contribution is 2.28. The van der Waals surface area contributed by atoms with Crippen LogP contribution in [0.15, 0.2) is 46.5 Å². The first-order valence-electron chi connectivity index (χ1n) is 7.15. The summed E-state index contributed by atoms with van der Waals surface area (Å²) in [6.07, 6.45) is 0.239. The molecule has 120 valence electrons. The second kappa shape index (κ2) is 6.68. The minimum Gasteiger partial charge on any atom is -0.309 e. The van der Waals surface area contributed by atoms with Crippen molar-refractivity contribution in [2.75, 3.05) is 5.32 Å². The molecule has 0 aliphatic carbocycles. The quantitative estimate of drug-likeness (QED) is 0.542. The molecule has 0 aromatic carbocycles. The minimum absolute atomic E-state index is 0.123. The summed E-state index contributed by atoms with van der Waals surface area (Å²) in [6, 6.07) is 9.85. The monoisotopic (exact) mass is 372 g/mol. The van der Waals surface area contributed by atoms with Gasteiger partial charge < -0.3 is 5.32 Å². The van der Waals surface area contributed by atoms with Gasteiger partial charge in [0.1, 0.15) is 5.01 Å². The zero-order valence-corrected chi connectivity index (χ0v) is 14.8. The van der Waals surface area contributed by atoms with Crippen molar-refractivity contribution in [1.82, 2.24) is 15.2 Å². The molecule has 0 spiro atoms. The van der Waals surface area contributed by atoms with Gasteiger partial charge >= 0.3 is 0 Å². The van der Waals surface area contributed by atoms with Crippen molar-refractivity contribution < 1.29 is 4.79 Å². The third-order valence-corrected chi connectivity index (χ3v) is 6.09. The molecule has 4 aromatic rings. The van der Waals surface area contributed by atoms with E-state index in [0.717, 1.165) is 26.1 Å². The fourth-order valence-electron chi connectivity index (χ4n) is 2.20. The van der Waals surface area contributed by atoms with E-state index in [1.54, 1.807) is 34.0 Å². The standard InChI is InChI=1S/C16H12N4OS3/c21-15(7-10-9-24-16(17-10)13-4-2-6-23-13)18-14-8-11(19-20-14)12-3-1-5-22-12/h1-6,8-9H,7H2,(H2,18,19,20,21). The fraction of sp³-hybridized carbons (Fsp3) is 0.0625. The molecule has 0 aliphatic rings. The van der Waals surface area contributed by atoms with Crippen LogP contribution in [-0.2, 0) is 11.2 Å². The lowest BCUT2D eigenvalue weighted by Crippen LogP contribution is -2.14. The number of aromatic amines is 1. The van der Waals surface area contributed by atoms with Crippen molar-refractivity contribution in [1.29, 1.82) is 0 Å². The predicted molar refractivity (Wildman–Crippen MR) is 99.7 cm³/mol. The van der Waals surface area contributed by atoms with Crippen molar-refractivity contribution >= 4 is 45.7 Å². The van der Waals surface area contributed by atoms with E-state index in [4.69, 9.17) is 0 Å². The highest BCUT2D eigenvalue weighted by Gasteiger charge is 2.12. The molecular weight excluding hydrogens is 360 g/mol. The van der Waals surface area contributed by atoms with Crippen molar-refractivity contribution in [3.63, 3.8) is 0 Å². The second-order valence-electron chi connectivity index (χ2n) is 4.99. The van der Waals surface area contributed by atoms with Crippen molar-refractivity contribution in [3.05, 3.63) is 52.2 Å². The third-order valence-electron chi connectivity index (χ3n) is 3.26. The van der Waals surface area contributed by atoms with Crippen molar-refractivity contribution in [2.45, 2.75) is 6.42 Å². The van der Waals surface area contributed by atoms with Crippen LogP contribution in [0, 0.1) is 0 Å². The Labute approximate surface area is 150 Å². The van der Waals surface area contributed by atoms with Crippen molar-refractivity contribution in [2.24, 2.45) is 0 Å². The van der Waals surface area contributed by atoms with Crippen LogP contribution < -0.4 is 5.32 Å². The number of nitrogens with one attached hydrogen (secondary N) is 2. The van der Waals surface area contributed by atoms with Crippen molar-refractivity contribution in [3.8, 4) is 20.5 Å². The third kappa shape index (κ3) is 3.30. The second-order valence-corrected chi connectivity index (χ2v) is 7.74. The Hall–Kier alpha value is -2.29. The van der Waals surface area contributed by atoms with Gasteiger partial charge in [0.2, 0.25) is 5.91 Å². The first-order valence-corrected chi connectivity index (χ1v) is 9.79. The topological polar surface area (TPSA) is 70.7 Å². The van der Waals surface area contributed by atoms with Gasteiger partial charge in [0.25, 0.3) is 0 Å². The summed E-state index contributed by atoms with van der Waals surface area (Å²) < 4.78 is 0. The molecule has 24 heavy (non-hydrogen) atoms. The molecular formula is C16H12N4OS3. The molecule has 4 aromatic heterocycles. The minimum atomic E-state index is -0.123. The number of hydrogen-bond donors (Lipinski definition) is 2. The summed E-state index contributed by atoms with van der Waals surface area (Å²) in [5.74, 6) is 0.402. The lowest BCUT2D eigenvalue weighted by Gasteiger charge is -1.98. The van der Waals surface area contributed by atoms with Gasteiger partial charge in [0.05, 0.1) is 27.6 Å². The number of anilines is 1. The number of rotatable bonds is 5. The van der Waals surface area contributed by atoms with E-state index >= 15 is 0 Å². The predicted octanol–water partition coefficient (Wildman–Crippen LogP) is 4.50. The zero-order chi connectivity index (χ0) is 16.4. The van der Waals surface area contributed by atoms with Gasteiger partial charge in [0.15, 0.2) is 5.82 Å². The van der Waals surface area contributed by atoms with Gasteiger partial charge in [0, 0.05) is 11.4 Å². The Bertz CT molecular complexity index is 861. The van der Waals surface area contributed by atoms with Crippen LogP contribution in [0.2, 0.25) is 0 Å². The van der Waals surface area contributed by atoms with E-state index in [9.17, 15) is 4.79 Å². The summed E-state index contributed by atoms with van der Waals surface area (Å²) in [5, 5.41) is 16.8. The number of nitrogens with zero attached hydrogens (tertiary/aromatic N) is 2. The molecule has 0 atom stereocenters. The highest BCUT2D eigenvalue weighted by atomic mass is 32.1. The molecule has 1 amide bonds. The molecule has 4 rings (SSSR count).